The number of anilines is 2. The van der Waals surface area contributed by atoms with Crippen LogP contribution in [0.4, 0.5) is 20.3 Å². The Morgan fingerprint density at radius 1 is 1.02 bits per heavy atom. The van der Waals surface area contributed by atoms with Crippen molar-refractivity contribution in [3.63, 3.8) is 0 Å². The number of para-hydroxylation sites is 1. The highest BCUT2D eigenvalue weighted by Crippen LogP contribution is 2.36. The van der Waals surface area contributed by atoms with Gasteiger partial charge in [-0.25, -0.2) is 18.7 Å². The minimum Gasteiger partial charge on any atom is -0.385 e. The Kier molecular flexibility index (Phi) is 17.2. The van der Waals surface area contributed by atoms with E-state index in [9.17, 15) is 13.6 Å². The Labute approximate surface area is 237 Å². The summed E-state index contributed by atoms with van der Waals surface area (Å²) in [6.07, 6.45) is 1.33. The third-order valence-corrected chi connectivity index (χ3v) is 5.39. The molecule has 0 aliphatic carbocycles. The molecule has 3 rings (SSSR count). The van der Waals surface area contributed by atoms with Gasteiger partial charge in [0.05, 0.1) is 5.69 Å². The molecule has 40 heavy (non-hydrogen) atoms. The Morgan fingerprint density at radius 2 is 1.62 bits per heavy atom. The zero-order chi connectivity index (χ0) is 30.8. The lowest BCUT2D eigenvalue weighted by Crippen LogP contribution is -2.23. The largest absolute Gasteiger partial charge is 0.385 e. The van der Waals surface area contributed by atoms with E-state index in [0.29, 0.717) is 23.5 Å². The van der Waals surface area contributed by atoms with Crippen LogP contribution >= 0.6 is 0 Å². The molecule has 0 saturated carbocycles. The Balaban J connectivity index is 0.00000237. The van der Waals surface area contributed by atoms with Crippen LogP contribution in [0, 0.1) is 25.5 Å². The fraction of sp³-hybridized carbons (Fsp3) is 0.355. The number of amides is 1. The van der Waals surface area contributed by atoms with Crippen molar-refractivity contribution in [2.45, 2.75) is 61.4 Å². The van der Waals surface area contributed by atoms with E-state index in [0.717, 1.165) is 52.4 Å². The summed E-state index contributed by atoms with van der Waals surface area (Å²) in [6.45, 7) is 20.9. The van der Waals surface area contributed by atoms with Crippen LogP contribution in [0.2, 0.25) is 0 Å². The van der Waals surface area contributed by atoms with Gasteiger partial charge in [0.15, 0.2) is 0 Å². The fourth-order valence-electron chi connectivity index (χ4n) is 3.71. The number of hydrogen-bond donors (Lipinski definition) is 2. The van der Waals surface area contributed by atoms with Gasteiger partial charge in [0.25, 0.3) is 0 Å². The zero-order valence-corrected chi connectivity index (χ0v) is 25.0. The molecule has 0 radical (unpaired) electrons. The molecule has 0 aliphatic heterocycles. The van der Waals surface area contributed by atoms with E-state index in [1.54, 1.807) is 14.0 Å². The monoisotopic (exact) mass is 555 g/mol. The van der Waals surface area contributed by atoms with Crippen LogP contribution in [0.25, 0.3) is 17.0 Å². The number of benzene rings is 2. The van der Waals surface area contributed by atoms with Gasteiger partial charge in [0.1, 0.15) is 35.8 Å². The lowest BCUT2D eigenvalue weighted by atomic mass is 9.97. The van der Waals surface area contributed by atoms with Gasteiger partial charge in [-0.3, -0.25) is 9.69 Å². The Hall–Kier alpha value is -3.98. The minimum absolute atomic E-state index is 0.114. The quantitative estimate of drug-likeness (QED) is 0.265. The van der Waals surface area contributed by atoms with Crippen LogP contribution in [-0.2, 0) is 16.1 Å². The van der Waals surface area contributed by atoms with E-state index in [2.05, 4.69) is 34.1 Å². The predicted octanol–water partition coefficient (Wildman–Crippen LogP) is 6.89. The van der Waals surface area contributed by atoms with Gasteiger partial charge < -0.3 is 15.4 Å². The van der Waals surface area contributed by atoms with Crippen molar-refractivity contribution in [2.24, 2.45) is 0 Å². The number of aromatic nitrogens is 2. The highest BCUT2D eigenvalue weighted by atomic mass is 19.1. The van der Waals surface area contributed by atoms with Gasteiger partial charge in [-0.1, -0.05) is 59.4 Å². The number of nitrogens with one attached hydrogen (secondary N) is 2. The number of carbonyl (C=O) groups excluding carboxylic acids is 2. The van der Waals surface area contributed by atoms with Crippen molar-refractivity contribution in [3.8, 4) is 11.3 Å². The minimum atomic E-state index is -0.864. The molecule has 218 valence electrons. The van der Waals surface area contributed by atoms with Gasteiger partial charge in [-0.05, 0) is 56.6 Å². The average molecular weight is 556 g/mol. The first-order valence-corrected chi connectivity index (χ1v) is 13.4. The van der Waals surface area contributed by atoms with Crippen LogP contribution in [0.5, 0.6) is 0 Å². The summed E-state index contributed by atoms with van der Waals surface area (Å²) in [7, 11) is 1.74. The summed E-state index contributed by atoms with van der Waals surface area (Å²) in [5, 5.41) is 6.35. The number of halogens is 2. The molecule has 2 aromatic carbocycles. The van der Waals surface area contributed by atoms with Crippen LogP contribution in [0.1, 0.15) is 63.6 Å². The third-order valence-electron chi connectivity index (χ3n) is 5.39. The van der Waals surface area contributed by atoms with Gasteiger partial charge in [-0.2, -0.15) is 0 Å². The molecular weight excluding hydrogens is 512 g/mol. The summed E-state index contributed by atoms with van der Waals surface area (Å²) in [6, 6.07) is 9.37. The topological polar surface area (TPSA) is 87.2 Å². The molecule has 9 heteroatoms. The van der Waals surface area contributed by atoms with Crippen molar-refractivity contribution in [1.82, 2.24) is 20.6 Å². The number of carbonyl (C=O) groups is 2. The van der Waals surface area contributed by atoms with Gasteiger partial charge in [-0.15, -0.1) is 0 Å². The molecule has 2 N–H and O–H groups in total. The van der Waals surface area contributed by atoms with Gasteiger partial charge >= 0.3 is 0 Å². The van der Waals surface area contributed by atoms with Crippen LogP contribution in [0.15, 0.2) is 43.0 Å². The molecule has 0 saturated heterocycles. The third kappa shape index (κ3) is 9.05. The maximum atomic E-state index is 14.6. The van der Waals surface area contributed by atoms with E-state index in [4.69, 9.17) is 4.79 Å². The smallest absolute Gasteiger partial charge is 0.220 e. The highest BCUT2D eigenvalue weighted by Gasteiger charge is 2.25. The molecule has 1 heterocycles. The van der Waals surface area contributed by atoms with Crippen molar-refractivity contribution in [3.05, 3.63) is 77.1 Å². The lowest BCUT2D eigenvalue weighted by molar-refractivity contribution is -0.107. The second kappa shape index (κ2) is 19.1. The maximum absolute atomic E-state index is 14.6. The van der Waals surface area contributed by atoms with E-state index in [1.807, 2.05) is 59.6 Å². The molecule has 0 atom stereocenters. The van der Waals surface area contributed by atoms with Crippen molar-refractivity contribution >= 4 is 30.4 Å². The van der Waals surface area contributed by atoms with Crippen molar-refractivity contribution in [2.75, 3.05) is 18.5 Å². The summed E-state index contributed by atoms with van der Waals surface area (Å²) in [5.74, 6) is -1.25. The second-order valence-electron chi connectivity index (χ2n) is 7.93. The maximum Gasteiger partial charge on any atom is 0.220 e. The zero-order valence-electron chi connectivity index (χ0n) is 25.0. The van der Waals surface area contributed by atoms with Crippen LogP contribution in [-0.4, -0.2) is 36.8 Å². The second-order valence-corrected chi connectivity index (χ2v) is 7.93. The number of nitrogens with zero attached hydrogens (tertiary/aromatic N) is 3. The molecule has 7 nitrogen and oxygen atoms in total. The molecular formula is C31H43F2N5O2. The predicted molar refractivity (Wildman–Crippen MR) is 161 cm³/mol. The van der Waals surface area contributed by atoms with Crippen LogP contribution in [0.3, 0.4) is 0 Å². The summed E-state index contributed by atoms with van der Waals surface area (Å²) >= 11 is 0. The fourth-order valence-corrected chi connectivity index (χ4v) is 3.71. The van der Waals surface area contributed by atoms with E-state index in [1.165, 1.54) is 6.07 Å². The first kappa shape index (κ1) is 36.0. The molecule has 1 aromatic heterocycles. The molecule has 3 aromatic rings. The molecule has 0 aliphatic rings. The Bertz CT molecular complexity index is 1210. The van der Waals surface area contributed by atoms with Crippen molar-refractivity contribution in [1.29, 1.82) is 0 Å². The molecule has 0 unspecified atom stereocenters. The normalized spacial score (nSPS) is 9.55. The van der Waals surface area contributed by atoms with E-state index >= 15 is 0 Å². The van der Waals surface area contributed by atoms with Gasteiger partial charge in [0, 0.05) is 29.9 Å². The number of hydrogen-bond acceptors (Lipinski definition) is 6. The highest BCUT2D eigenvalue weighted by molar-refractivity contribution is 5.89. The first-order chi connectivity index (χ1) is 19.3. The number of aryl methyl sites for hydroxylation is 2. The SMILES string of the molecule is C=C(NCCC)c1ccc(C)c(-c2nc(C)nc(N(C=O)c3c(F)cccc3F)c2CNC)c1.C=O.CC.CC. The summed E-state index contributed by atoms with van der Waals surface area (Å²) in [4.78, 5) is 30.1. The Morgan fingerprint density at radius 3 is 2.15 bits per heavy atom. The molecule has 1 amide bonds. The molecule has 0 fully saturated rings. The van der Waals surface area contributed by atoms with Crippen LogP contribution < -0.4 is 15.5 Å². The number of rotatable bonds is 10. The molecule has 0 bridgehead atoms. The van der Waals surface area contributed by atoms with Crippen molar-refractivity contribution < 1.29 is 18.4 Å². The summed E-state index contributed by atoms with van der Waals surface area (Å²) in [5.41, 5.74) is 4.07. The van der Waals surface area contributed by atoms with E-state index in [-0.39, 0.29) is 12.4 Å². The van der Waals surface area contributed by atoms with Gasteiger partial charge in [0.2, 0.25) is 6.41 Å². The first-order valence-electron chi connectivity index (χ1n) is 13.4. The molecule has 0 spiro atoms. The average Bonchev–Trinajstić information content (AvgIpc) is 2.98. The van der Waals surface area contributed by atoms with E-state index < -0.39 is 17.3 Å². The summed E-state index contributed by atoms with van der Waals surface area (Å²) < 4.78 is 29.2. The standard InChI is InChI=1S/C26H29F2N5O.2C2H6.CH2O/c1-6-12-30-17(3)19-11-10-16(2)20(13-19)24-21(14-29-5)26(32-18(4)31-24)33(15-34)25-22(27)8-7-9-23(25)28;3*1-2/h7-11,13,15,29-30H,3,6,12,14H2,1-2,4-5H3;2*1-2H3;1H2. The lowest BCUT2D eigenvalue weighted by Gasteiger charge is -2.23.